The largest absolute Gasteiger partial charge is 0.497 e. The Hall–Kier alpha value is -4.21. The molecular weight excluding hydrogens is 484 g/mol. The highest BCUT2D eigenvalue weighted by atomic mass is 35.5. The highest BCUT2D eigenvalue weighted by Crippen LogP contribution is 2.33. The predicted molar refractivity (Wildman–Crippen MR) is 135 cm³/mol. The number of benzene rings is 3. The monoisotopic (exact) mass is 506 g/mol. The van der Waals surface area contributed by atoms with Gasteiger partial charge in [0.05, 0.1) is 13.7 Å². The Morgan fingerprint density at radius 3 is 2.36 bits per heavy atom. The Kier molecular flexibility index (Phi) is 7.33. The summed E-state index contributed by atoms with van der Waals surface area (Å²) >= 11 is 5.91. The molecular formula is C26H23ClN4O5. The number of β-amino-alcohol motifs (C(OH)–C–C–N with tert-alkyl or cyclic N) is 1. The van der Waals surface area contributed by atoms with Crippen molar-refractivity contribution in [2.75, 3.05) is 20.2 Å². The molecule has 9 nitrogen and oxygen atoms in total. The van der Waals surface area contributed by atoms with Gasteiger partial charge in [-0.2, -0.15) is 5.10 Å². The quantitative estimate of drug-likeness (QED) is 0.348. The molecule has 3 aromatic rings. The average Bonchev–Trinajstić information content (AvgIpc) is 3.25. The van der Waals surface area contributed by atoms with Gasteiger partial charge < -0.3 is 14.9 Å². The molecule has 4 rings (SSSR count). The van der Waals surface area contributed by atoms with Crippen LogP contribution in [0.4, 0.5) is 0 Å². The molecule has 0 fully saturated rings. The van der Waals surface area contributed by atoms with Crippen molar-refractivity contribution in [3.8, 4) is 5.75 Å². The van der Waals surface area contributed by atoms with Crippen LogP contribution in [0.15, 0.2) is 89.0 Å². The van der Waals surface area contributed by atoms with Gasteiger partial charge in [-0.25, -0.2) is 10.0 Å². The van der Waals surface area contributed by atoms with Crippen LogP contribution in [0.5, 0.6) is 5.75 Å². The van der Waals surface area contributed by atoms with Crippen molar-refractivity contribution in [2.45, 2.75) is 5.60 Å². The minimum absolute atomic E-state index is 0.113. The van der Waals surface area contributed by atoms with Crippen LogP contribution in [0, 0.1) is 0 Å². The molecule has 1 heterocycles. The van der Waals surface area contributed by atoms with Gasteiger partial charge in [-0.1, -0.05) is 41.9 Å². The Morgan fingerprint density at radius 1 is 1.08 bits per heavy atom. The van der Waals surface area contributed by atoms with E-state index in [1.165, 1.54) is 17.1 Å². The second-order valence-corrected chi connectivity index (χ2v) is 8.39. The van der Waals surface area contributed by atoms with Crippen LogP contribution in [0.3, 0.4) is 0 Å². The van der Waals surface area contributed by atoms with Gasteiger partial charge in [-0.15, -0.1) is 0 Å². The summed E-state index contributed by atoms with van der Waals surface area (Å²) in [7, 11) is 1.55. The van der Waals surface area contributed by atoms with Crippen LogP contribution >= 0.6 is 11.6 Å². The second kappa shape index (κ2) is 10.6. The fraction of sp³-hybridized carbons (Fsp3) is 0.154. The van der Waals surface area contributed by atoms with Gasteiger partial charge in [0.15, 0.2) is 5.60 Å². The first-order valence-electron chi connectivity index (χ1n) is 10.9. The molecule has 0 aromatic heterocycles. The Bertz CT molecular complexity index is 1310. The van der Waals surface area contributed by atoms with Crippen molar-refractivity contribution in [2.24, 2.45) is 10.1 Å². The van der Waals surface area contributed by atoms with Gasteiger partial charge in [0, 0.05) is 16.1 Å². The van der Waals surface area contributed by atoms with E-state index in [4.69, 9.17) is 16.3 Å². The molecule has 10 heteroatoms. The number of halogens is 1. The maximum Gasteiger partial charge on any atom is 0.325 e. The van der Waals surface area contributed by atoms with Gasteiger partial charge >= 0.3 is 5.97 Å². The minimum atomic E-state index is -1.58. The molecule has 36 heavy (non-hydrogen) atoms. The first-order chi connectivity index (χ1) is 17.3. The number of methoxy groups -OCH3 is 1. The first-order valence-corrected chi connectivity index (χ1v) is 11.3. The lowest BCUT2D eigenvalue weighted by atomic mass is 9.86. The van der Waals surface area contributed by atoms with Crippen molar-refractivity contribution >= 4 is 35.1 Å². The highest BCUT2D eigenvalue weighted by molar-refractivity contribution is 6.30. The third-order valence-electron chi connectivity index (χ3n) is 5.55. The van der Waals surface area contributed by atoms with Gasteiger partial charge in [0.2, 0.25) is 5.96 Å². The number of guanidine groups is 1. The molecule has 0 spiro atoms. The summed E-state index contributed by atoms with van der Waals surface area (Å²) < 4.78 is 5.23. The van der Waals surface area contributed by atoms with E-state index in [1.54, 1.807) is 67.8 Å². The van der Waals surface area contributed by atoms with E-state index < -0.39 is 24.0 Å². The topological polar surface area (TPSA) is 124 Å². The SMILES string of the molecule is COc1ccc(C2=NN(C(=NCC(=O)O)NC(=O)c3ccc(Cl)cc3)CC2(O)c2ccccc2)cc1. The third kappa shape index (κ3) is 5.37. The van der Waals surface area contributed by atoms with Crippen LogP contribution in [-0.2, 0) is 10.4 Å². The van der Waals surface area contributed by atoms with E-state index in [0.29, 0.717) is 33.2 Å². The number of ether oxygens (including phenoxy) is 1. The average molecular weight is 507 g/mol. The lowest BCUT2D eigenvalue weighted by molar-refractivity contribution is -0.135. The van der Waals surface area contributed by atoms with Crippen LogP contribution in [0.2, 0.25) is 5.02 Å². The fourth-order valence-corrected chi connectivity index (χ4v) is 3.87. The molecule has 1 unspecified atom stereocenters. The van der Waals surface area contributed by atoms with Crippen molar-refractivity contribution < 1.29 is 24.5 Å². The summed E-state index contributed by atoms with van der Waals surface area (Å²) in [5, 5.41) is 30.0. The molecule has 184 valence electrons. The normalized spacial score (nSPS) is 17.5. The van der Waals surface area contributed by atoms with E-state index in [9.17, 15) is 19.8 Å². The van der Waals surface area contributed by atoms with E-state index in [2.05, 4.69) is 15.4 Å². The summed E-state index contributed by atoms with van der Waals surface area (Å²) in [4.78, 5) is 28.2. The zero-order valence-corrected chi connectivity index (χ0v) is 20.0. The maximum absolute atomic E-state index is 12.9. The number of nitrogens with zero attached hydrogens (tertiary/aromatic N) is 3. The smallest absolute Gasteiger partial charge is 0.325 e. The molecule has 1 aliphatic rings. The zero-order chi connectivity index (χ0) is 25.7. The first kappa shape index (κ1) is 24.9. The molecule has 3 N–H and O–H groups in total. The lowest BCUT2D eigenvalue weighted by Crippen LogP contribution is -2.45. The number of rotatable bonds is 6. The van der Waals surface area contributed by atoms with Gasteiger partial charge in [-0.05, 0) is 54.1 Å². The van der Waals surface area contributed by atoms with Crippen molar-refractivity contribution in [1.82, 2.24) is 10.3 Å². The molecule has 0 bridgehead atoms. The number of aliphatic imine (C=N–C) groups is 1. The fourth-order valence-electron chi connectivity index (χ4n) is 3.74. The number of hydrogen-bond acceptors (Lipinski definition) is 6. The maximum atomic E-state index is 12.9. The number of carboxylic acid groups (broad SMARTS) is 1. The summed E-state index contributed by atoms with van der Waals surface area (Å²) in [6.07, 6.45) is 0. The Labute approximate surface area is 212 Å². The Morgan fingerprint density at radius 2 is 1.75 bits per heavy atom. The van der Waals surface area contributed by atoms with Gasteiger partial charge in [0.25, 0.3) is 5.91 Å². The zero-order valence-electron chi connectivity index (χ0n) is 19.3. The molecule has 3 aromatic carbocycles. The number of nitrogens with one attached hydrogen (secondary N) is 1. The van der Waals surface area contributed by atoms with E-state index in [0.717, 1.165) is 0 Å². The van der Waals surface area contributed by atoms with Gasteiger partial charge in [-0.3, -0.25) is 14.9 Å². The van der Waals surface area contributed by atoms with E-state index >= 15 is 0 Å². The third-order valence-corrected chi connectivity index (χ3v) is 5.80. The van der Waals surface area contributed by atoms with Crippen LogP contribution < -0.4 is 10.1 Å². The number of aliphatic hydroxyl groups is 1. The molecule has 0 saturated heterocycles. The molecule has 1 aliphatic heterocycles. The molecule has 0 radical (unpaired) electrons. The summed E-state index contributed by atoms with van der Waals surface area (Å²) in [5.74, 6) is -1.20. The molecule has 1 atom stereocenters. The number of hydrogen-bond donors (Lipinski definition) is 3. The number of aliphatic carboxylic acids is 1. The number of amides is 1. The van der Waals surface area contributed by atoms with Crippen molar-refractivity contribution in [1.29, 1.82) is 0 Å². The molecule has 1 amide bonds. The number of carbonyl (C=O) groups excluding carboxylic acids is 1. The number of carbonyl (C=O) groups is 2. The van der Waals surface area contributed by atoms with Crippen LogP contribution in [0.1, 0.15) is 21.5 Å². The second-order valence-electron chi connectivity index (χ2n) is 7.96. The Balaban J connectivity index is 1.74. The molecule has 0 aliphatic carbocycles. The number of hydrazone groups is 1. The lowest BCUT2D eigenvalue weighted by Gasteiger charge is -2.26. The number of carboxylic acids is 1. The summed E-state index contributed by atoms with van der Waals surface area (Å²) in [5.41, 5.74) is 0.208. The van der Waals surface area contributed by atoms with Crippen LogP contribution in [-0.4, -0.2) is 59.0 Å². The summed E-state index contributed by atoms with van der Waals surface area (Å²) in [6, 6.07) is 22.1. The van der Waals surface area contributed by atoms with Gasteiger partial charge in [0.1, 0.15) is 18.0 Å². The van der Waals surface area contributed by atoms with E-state index in [-0.39, 0.29) is 12.5 Å². The van der Waals surface area contributed by atoms with E-state index in [1.807, 2.05) is 6.07 Å². The minimum Gasteiger partial charge on any atom is -0.497 e. The van der Waals surface area contributed by atoms with Crippen LogP contribution in [0.25, 0.3) is 0 Å². The predicted octanol–water partition coefficient (Wildman–Crippen LogP) is 3.13. The van der Waals surface area contributed by atoms with Crippen molar-refractivity contribution in [3.63, 3.8) is 0 Å². The van der Waals surface area contributed by atoms with Crippen molar-refractivity contribution in [3.05, 3.63) is 101 Å². The standard InChI is InChI=1S/C26H23ClN4O5/c1-36-21-13-9-17(10-14-21)23-26(35,19-5-3-2-4-6-19)16-31(30-23)25(28-15-22(32)33)29-24(34)18-7-11-20(27)12-8-18/h2-14,35H,15-16H2,1H3,(H,32,33)(H,28,29,34). The summed E-state index contributed by atoms with van der Waals surface area (Å²) in [6.45, 7) is -0.721. The highest BCUT2D eigenvalue weighted by Gasteiger charge is 2.44. The molecule has 0 saturated carbocycles.